The number of hydrogen-bond acceptors (Lipinski definition) is 2. The highest BCUT2D eigenvalue weighted by molar-refractivity contribution is 5.85. The van der Waals surface area contributed by atoms with Crippen molar-refractivity contribution in [1.82, 2.24) is 10.2 Å². The summed E-state index contributed by atoms with van der Waals surface area (Å²) in [6.45, 7) is 2.42. The van der Waals surface area contributed by atoms with Gasteiger partial charge in [0.2, 0.25) is 5.91 Å². The van der Waals surface area contributed by atoms with Gasteiger partial charge in [0, 0.05) is 31.0 Å². The predicted molar refractivity (Wildman–Crippen MR) is 122 cm³/mol. The fourth-order valence-electron chi connectivity index (χ4n) is 4.83. The predicted octanol–water partition coefficient (Wildman–Crippen LogP) is 6.48. The second kappa shape index (κ2) is 10.6. The minimum atomic E-state index is -4.95. The molecule has 1 amide bonds. The van der Waals surface area contributed by atoms with Crippen molar-refractivity contribution in [2.75, 3.05) is 13.1 Å². The van der Waals surface area contributed by atoms with E-state index in [0.29, 0.717) is 50.0 Å². The fourth-order valence-corrected chi connectivity index (χ4v) is 4.83. The van der Waals surface area contributed by atoms with E-state index in [1.54, 1.807) is 13.0 Å². The van der Waals surface area contributed by atoms with Crippen molar-refractivity contribution in [1.29, 1.82) is 0 Å². The normalized spacial score (nSPS) is 20.6. The quantitative estimate of drug-likeness (QED) is 0.442. The van der Waals surface area contributed by atoms with Crippen molar-refractivity contribution in [2.24, 2.45) is 5.92 Å². The minimum absolute atomic E-state index is 0. The Morgan fingerprint density at radius 3 is 2.11 bits per heavy atom. The largest absolute Gasteiger partial charge is 0.416 e. The fraction of sp³-hybridized carbons (Fsp3) is 0.480. The van der Waals surface area contributed by atoms with Crippen LogP contribution in [0.5, 0.6) is 0 Å². The topological polar surface area (TPSA) is 32.3 Å². The highest BCUT2D eigenvalue weighted by atomic mass is 35.5. The monoisotopic (exact) mass is 538 g/mol. The molecule has 2 fully saturated rings. The zero-order chi connectivity index (χ0) is 25.5. The summed E-state index contributed by atoms with van der Waals surface area (Å²) in [5, 5.41) is 3.23. The van der Waals surface area contributed by atoms with Crippen LogP contribution in [0.15, 0.2) is 36.4 Å². The van der Waals surface area contributed by atoms with Gasteiger partial charge in [0.05, 0.1) is 11.1 Å². The van der Waals surface area contributed by atoms with Gasteiger partial charge in [0.25, 0.3) is 0 Å². The standard InChI is InChI=1S/C25H25F7N2O.ClH/c1-14-8-18(26)2-5-20(14)22-12-33-7-6-21(22)23(35)34(19-3-4-19)13-15-9-16(24(27,28)29)11-17(10-15)25(30,31)32;/h2,5,8-11,19,21-22,33H,3-4,6-7,12-13H2,1H3;1H. The number of carbonyl (C=O) groups is 1. The molecular formula is C25H26ClF7N2O. The molecule has 0 spiro atoms. The molecule has 1 aliphatic carbocycles. The molecule has 2 unspecified atom stereocenters. The molecule has 4 rings (SSSR count). The summed E-state index contributed by atoms with van der Waals surface area (Å²) in [5.74, 6) is -1.50. The van der Waals surface area contributed by atoms with Gasteiger partial charge in [-0.2, -0.15) is 26.3 Å². The smallest absolute Gasteiger partial charge is 0.335 e. The lowest BCUT2D eigenvalue weighted by atomic mass is 9.79. The van der Waals surface area contributed by atoms with Gasteiger partial charge < -0.3 is 10.2 Å². The second-order valence-electron chi connectivity index (χ2n) is 9.32. The van der Waals surface area contributed by atoms with Crippen molar-refractivity contribution in [3.05, 3.63) is 70.0 Å². The van der Waals surface area contributed by atoms with E-state index < -0.39 is 35.2 Å². The maximum atomic E-state index is 13.7. The van der Waals surface area contributed by atoms with Crippen LogP contribution in [-0.2, 0) is 23.7 Å². The Labute approximate surface area is 210 Å². The molecule has 2 aromatic carbocycles. The number of amides is 1. The summed E-state index contributed by atoms with van der Waals surface area (Å²) < 4.78 is 93.5. The van der Waals surface area contributed by atoms with E-state index >= 15 is 0 Å². The lowest BCUT2D eigenvalue weighted by Gasteiger charge is -2.36. The van der Waals surface area contributed by atoms with Crippen LogP contribution in [0.2, 0.25) is 0 Å². The van der Waals surface area contributed by atoms with Crippen LogP contribution in [-0.4, -0.2) is 29.9 Å². The van der Waals surface area contributed by atoms with Crippen LogP contribution in [0.25, 0.3) is 0 Å². The molecule has 1 saturated carbocycles. The molecule has 1 N–H and O–H groups in total. The van der Waals surface area contributed by atoms with E-state index in [9.17, 15) is 35.5 Å². The third-order valence-electron chi connectivity index (χ3n) is 6.70. The summed E-state index contributed by atoms with van der Waals surface area (Å²) in [7, 11) is 0. The molecule has 198 valence electrons. The van der Waals surface area contributed by atoms with E-state index in [2.05, 4.69) is 5.32 Å². The maximum Gasteiger partial charge on any atom is 0.416 e. The Hall–Kier alpha value is -2.33. The molecule has 0 aromatic heterocycles. The van der Waals surface area contributed by atoms with Gasteiger partial charge in [-0.05, 0) is 79.8 Å². The van der Waals surface area contributed by atoms with Gasteiger partial charge in [-0.1, -0.05) is 6.07 Å². The van der Waals surface area contributed by atoms with Gasteiger partial charge in [0.1, 0.15) is 5.82 Å². The summed E-state index contributed by atoms with van der Waals surface area (Å²) >= 11 is 0. The third-order valence-corrected chi connectivity index (χ3v) is 6.70. The van der Waals surface area contributed by atoms with Gasteiger partial charge >= 0.3 is 12.4 Å². The number of piperidine rings is 1. The van der Waals surface area contributed by atoms with E-state index in [1.807, 2.05) is 0 Å². The number of nitrogens with one attached hydrogen (secondary N) is 1. The summed E-state index contributed by atoms with van der Waals surface area (Å²) in [6, 6.07) is 5.56. The van der Waals surface area contributed by atoms with Gasteiger partial charge in [0.15, 0.2) is 0 Å². The lowest BCUT2D eigenvalue weighted by Crippen LogP contribution is -2.46. The number of alkyl halides is 6. The number of nitrogens with zero attached hydrogens (tertiary/aromatic N) is 1. The molecule has 0 bridgehead atoms. The molecule has 1 aliphatic heterocycles. The lowest BCUT2D eigenvalue weighted by molar-refractivity contribution is -0.143. The Kier molecular flexibility index (Phi) is 8.30. The number of halogens is 8. The third kappa shape index (κ3) is 6.32. The summed E-state index contributed by atoms with van der Waals surface area (Å²) in [5.41, 5.74) is -1.52. The molecule has 2 aliphatic rings. The molecule has 36 heavy (non-hydrogen) atoms. The van der Waals surface area contributed by atoms with E-state index in [-0.39, 0.29) is 48.4 Å². The highest BCUT2D eigenvalue weighted by Gasteiger charge is 2.42. The molecule has 2 atom stereocenters. The minimum Gasteiger partial charge on any atom is -0.335 e. The second-order valence-corrected chi connectivity index (χ2v) is 9.32. The van der Waals surface area contributed by atoms with E-state index in [0.717, 1.165) is 5.56 Å². The van der Waals surface area contributed by atoms with Gasteiger partial charge in [-0.15, -0.1) is 12.4 Å². The molecule has 0 radical (unpaired) electrons. The number of aryl methyl sites for hydroxylation is 1. The van der Waals surface area contributed by atoms with Crippen LogP contribution in [0.4, 0.5) is 30.7 Å². The van der Waals surface area contributed by atoms with Crippen LogP contribution in [0.3, 0.4) is 0 Å². The van der Waals surface area contributed by atoms with Crippen LogP contribution in [0.1, 0.15) is 53.0 Å². The van der Waals surface area contributed by atoms with Crippen LogP contribution >= 0.6 is 12.4 Å². The van der Waals surface area contributed by atoms with Crippen LogP contribution in [0, 0.1) is 18.7 Å². The molecular weight excluding hydrogens is 513 g/mol. The van der Waals surface area contributed by atoms with E-state index in [4.69, 9.17) is 0 Å². The van der Waals surface area contributed by atoms with Crippen LogP contribution < -0.4 is 5.32 Å². The first-order valence-electron chi connectivity index (χ1n) is 11.4. The Morgan fingerprint density at radius 2 is 1.58 bits per heavy atom. The van der Waals surface area contributed by atoms with Crippen molar-refractivity contribution >= 4 is 18.3 Å². The van der Waals surface area contributed by atoms with Gasteiger partial charge in [-0.25, -0.2) is 4.39 Å². The first-order chi connectivity index (χ1) is 16.3. The first-order valence-corrected chi connectivity index (χ1v) is 11.4. The van der Waals surface area contributed by atoms with Crippen molar-refractivity contribution in [3.8, 4) is 0 Å². The summed E-state index contributed by atoms with van der Waals surface area (Å²) in [6.07, 6.45) is -8.17. The summed E-state index contributed by atoms with van der Waals surface area (Å²) in [4.78, 5) is 15.1. The Balaban J connectivity index is 0.00000361. The Bertz CT molecular complexity index is 1070. The zero-order valence-corrected chi connectivity index (χ0v) is 20.2. The first kappa shape index (κ1) is 28.2. The average molecular weight is 539 g/mol. The molecule has 11 heteroatoms. The zero-order valence-electron chi connectivity index (χ0n) is 19.3. The highest BCUT2D eigenvalue weighted by Crippen LogP contribution is 2.39. The number of benzene rings is 2. The van der Waals surface area contributed by atoms with Crippen molar-refractivity contribution < 1.29 is 35.5 Å². The number of carbonyl (C=O) groups excluding carboxylic acids is 1. The molecule has 1 heterocycles. The number of hydrogen-bond donors (Lipinski definition) is 1. The molecule has 3 nitrogen and oxygen atoms in total. The maximum absolute atomic E-state index is 13.7. The number of rotatable bonds is 5. The SMILES string of the molecule is Cc1cc(F)ccc1C1CNCCC1C(=O)N(Cc1cc(C(F)(F)F)cc(C(F)(F)F)c1)C1CC1.Cl. The molecule has 1 saturated heterocycles. The van der Waals surface area contributed by atoms with Gasteiger partial charge in [-0.3, -0.25) is 4.79 Å². The van der Waals surface area contributed by atoms with Crippen molar-refractivity contribution in [3.63, 3.8) is 0 Å². The van der Waals surface area contributed by atoms with Crippen molar-refractivity contribution in [2.45, 2.75) is 57.0 Å². The average Bonchev–Trinajstić information content (AvgIpc) is 3.61. The Morgan fingerprint density at radius 1 is 0.972 bits per heavy atom. The van der Waals surface area contributed by atoms with E-state index in [1.165, 1.54) is 17.0 Å². The molecule has 2 aromatic rings.